The number of nitrogens with zero attached hydrogens (tertiary/aromatic N) is 3. The van der Waals surface area contributed by atoms with Crippen LogP contribution >= 0.6 is 0 Å². The molecule has 0 fully saturated rings. The summed E-state index contributed by atoms with van der Waals surface area (Å²) in [6, 6.07) is 12.8. The molecule has 0 spiro atoms. The molecular formula is C21H14F2N4O2. The van der Waals surface area contributed by atoms with Crippen LogP contribution in [-0.2, 0) is 0 Å². The van der Waals surface area contributed by atoms with Crippen molar-refractivity contribution in [3.05, 3.63) is 94.2 Å². The zero-order chi connectivity index (χ0) is 20.5. The first-order chi connectivity index (χ1) is 13.9. The van der Waals surface area contributed by atoms with Gasteiger partial charge in [-0.25, -0.2) is 18.7 Å². The number of aryl methyl sites for hydroxylation is 1. The number of anilines is 1. The van der Waals surface area contributed by atoms with E-state index < -0.39 is 17.5 Å². The highest BCUT2D eigenvalue weighted by atomic mass is 19.2. The smallest absolute Gasteiger partial charge is 0.267 e. The number of benzene rings is 2. The van der Waals surface area contributed by atoms with Gasteiger partial charge in [-0.1, -0.05) is 6.07 Å². The van der Waals surface area contributed by atoms with Crippen LogP contribution in [0.3, 0.4) is 0 Å². The molecule has 0 unspecified atom stereocenters. The van der Waals surface area contributed by atoms with Crippen LogP contribution in [-0.4, -0.2) is 20.4 Å². The second-order valence-electron chi connectivity index (χ2n) is 6.31. The quantitative estimate of drug-likeness (QED) is 0.578. The van der Waals surface area contributed by atoms with E-state index in [4.69, 9.17) is 0 Å². The van der Waals surface area contributed by atoms with Gasteiger partial charge in [-0.2, -0.15) is 0 Å². The fourth-order valence-electron chi connectivity index (χ4n) is 2.99. The molecule has 2 aromatic heterocycles. The van der Waals surface area contributed by atoms with Gasteiger partial charge in [0.15, 0.2) is 17.3 Å². The normalized spacial score (nSPS) is 10.9. The average molecular weight is 392 g/mol. The molecule has 1 amide bonds. The summed E-state index contributed by atoms with van der Waals surface area (Å²) < 4.78 is 27.9. The maximum atomic E-state index is 13.4. The Kier molecular flexibility index (Phi) is 4.59. The molecule has 0 saturated carbocycles. The third kappa shape index (κ3) is 3.47. The zero-order valence-electron chi connectivity index (χ0n) is 15.2. The molecule has 1 N–H and O–H groups in total. The summed E-state index contributed by atoms with van der Waals surface area (Å²) in [5.74, 6) is -2.31. The molecule has 4 rings (SSSR count). The van der Waals surface area contributed by atoms with Gasteiger partial charge >= 0.3 is 0 Å². The van der Waals surface area contributed by atoms with Gasteiger partial charge in [0.1, 0.15) is 5.82 Å². The summed E-state index contributed by atoms with van der Waals surface area (Å²) in [6.45, 7) is 1.68. The summed E-state index contributed by atoms with van der Waals surface area (Å²) in [6.07, 6.45) is 1.56. The number of fused-ring (bicyclic) bond motifs is 1. The SMILES string of the molecule is Cc1nc2ncccc2c(=O)n1-c1cccc(NC(=O)c2ccc(F)c(F)c2)c1. The first kappa shape index (κ1) is 18.4. The highest BCUT2D eigenvalue weighted by Gasteiger charge is 2.13. The lowest BCUT2D eigenvalue weighted by molar-refractivity contribution is 0.102. The Morgan fingerprint density at radius 3 is 2.66 bits per heavy atom. The van der Waals surface area contributed by atoms with Crippen LogP contribution in [0.1, 0.15) is 16.2 Å². The van der Waals surface area contributed by atoms with Gasteiger partial charge in [0.25, 0.3) is 11.5 Å². The van der Waals surface area contributed by atoms with E-state index in [2.05, 4.69) is 15.3 Å². The van der Waals surface area contributed by atoms with E-state index in [0.717, 1.165) is 12.1 Å². The summed E-state index contributed by atoms with van der Waals surface area (Å²) >= 11 is 0. The fraction of sp³-hybridized carbons (Fsp3) is 0.0476. The van der Waals surface area contributed by atoms with Crippen LogP contribution in [0.2, 0.25) is 0 Å². The minimum Gasteiger partial charge on any atom is -0.322 e. The monoisotopic (exact) mass is 392 g/mol. The maximum absolute atomic E-state index is 13.4. The number of nitrogens with one attached hydrogen (secondary N) is 1. The number of carbonyl (C=O) groups is 1. The number of pyridine rings is 1. The molecule has 144 valence electrons. The van der Waals surface area contributed by atoms with Crippen molar-refractivity contribution in [1.29, 1.82) is 0 Å². The molecule has 6 nitrogen and oxygen atoms in total. The van der Waals surface area contributed by atoms with Crippen LogP contribution in [0.4, 0.5) is 14.5 Å². The standard InChI is InChI=1S/C21H14F2N4O2/c1-12-25-19-16(6-3-9-24-19)21(29)27(12)15-5-2-4-14(11-15)26-20(28)13-7-8-17(22)18(23)10-13/h2-11H,1H3,(H,26,28). The van der Waals surface area contributed by atoms with Crippen molar-refractivity contribution < 1.29 is 13.6 Å². The van der Waals surface area contributed by atoms with E-state index in [1.807, 2.05) is 0 Å². The maximum Gasteiger partial charge on any atom is 0.267 e. The highest BCUT2D eigenvalue weighted by Crippen LogP contribution is 2.17. The average Bonchev–Trinajstić information content (AvgIpc) is 2.70. The lowest BCUT2D eigenvalue weighted by atomic mass is 10.2. The Balaban J connectivity index is 1.71. The van der Waals surface area contributed by atoms with Crippen molar-refractivity contribution in [2.45, 2.75) is 6.92 Å². The van der Waals surface area contributed by atoms with Crippen molar-refractivity contribution in [2.75, 3.05) is 5.32 Å². The van der Waals surface area contributed by atoms with Gasteiger partial charge < -0.3 is 5.32 Å². The van der Waals surface area contributed by atoms with E-state index in [1.165, 1.54) is 10.6 Å². The topological polar surface area (TPSA) is 76.9 Å². The van der Waals surface area contributed by atoms with E-state index in [-0.39, 0.29) is 11.1 Å². The number of amides is 1. The molecule has 2 aromatic carbocycles. The predicted molar refractivity (Wildman–Crippen MR) is 104 cm³/mol. The summed E-state index contributed by atoms with van der Waals surface area (Å²) in [5.41, 5.74) is 0.920. The van der Waals surface area contributed by atoms with Crippen LogP contribution in [0, 0.1) is 18.6 Å². The van der Waals surface area contributed by atoms with Crippen LogP contribution in [0.25, 0.3) is 16.7 Å². The minimum absolute atomic E-state index is 0.0268. The Labute approximate surface area is 163 Å². The van der Waals surface area contributed by atoms with Gasteiger partial charge in [-0.3, -0.25) is 14.2 Å². The molecular weight excluding hydrogens is 378 g/mol. The molecule has 0 saturated heterocycles. The summed E-state index contributed by atoms with van der Waals surface area (Å²) in [5, 5.41) is 2.98. The number of halogens is 2. The molecule has 0 aliphatic heterocycles. The lowest BCUT2D eigenvalue weighted by Crippen LogP contribution is -2.22. The van der Waals surface area contributed by atoms with Crippen molar-refractivity contribution >= 4 is 22.6 Å². The minimum atomic E-state index is -1.11. The number of rotatable bonds is 3. The first-order valence-corrected chi connectivity index (χ1v) is 8.65. The number of hydrogen-bond donors (Lipinski definition) is 1. The summed E-state index contributed by atoms with van der Waals surface area (Å²) in [4.78, 5) is 33.7. The van der Waals surface area contributed by atoms with Crippen molar-refractivity contribution in [3.8, 4) is 5.69 Å². The van der Waals surface area contributed by atoms with Gasteiger partial charge in [0.2, 0.25) is 0 Å². The van der Waals surface area contributed by atoms with E-state index in [0.29, 0.717) is 28.2 Å². The molecule has 0 radical (unpaired) electrons. The number of hydrogen-bond acceptors (Lipinski definition) is 4. The fourth-order valence-corrected chi connectivity index (χ4v) is 2.99. The van der Waals surface area contributed by atoms with Crippen LogP contribution in [0.5, 0.6) is 0 Å². The van der Waals surface area contributed by atoms with Gasteiger partial charge in [-0.05, 0) is 55.5 Å². The van der Waals surface area contributed by atoms with Crippen molar-refractivity contribution in [2.24, 2.45) is 0 Å². The number of aromatic nitrogens is 3. The molecule has 29 heavy (non-hydrogen) atoms. The number of carbonyl (C=O) groups excluding carboxylic acids is 1. The molecule has 0 aliphatic rings. The highest BCUT2D eigenvalue weighted by molar-refractivity contribution is 6.04. The first-order valence-electron chi connectivity index (χ1n) is 8.65. The van der Waals surface area contributed by atoms with Crippen LogP contribution < -0.4 is 10.9 Å². The molecule has 0 bridgehead atoms. The van der Waals surface area contributed by atoms with Gasteiger partial charge in [0, 0.05) is 17.4 Å². The Morgan fingerprint density at radius 2 is 1.86 bits per heavy atom. The molecule has 2 heterocycles. The zero-order valence-corrected chi connectivity index (χ0v) is 15.2. The van der Waals surface area contributed by atoms with E-state index in [9.17, 15) is 18.4 Å². The molecule has 4 aromatic rings. The largest absolute Gasteiger partial charge is 0.322 e. The summed E-state index contributed by atoms with van der Waals surface area (Å²) in [7, 11) is 0. The predicted octanol–water partition coefficient (Wildman–Crippen LogP) is 3.62. The third-order valence-electron chi connectivity index (χ3n) is 4.36. The van der Waals surface area contributed by atoms with Gasteiger partial charge in [0.05, 0.1) is 11.1 Å². The van der Waals surface area contributed by atoms with Crippen molar-refractivity contribution in [1.82, 2.24) is 14.5 Å². The molecule has 8 heteroatoms. The van der Waals surface area contributed by atoms with Crippen molar-refractivity contribution in [3.63, 3.8) is 0 Å². The Hall–Kier alpha value is -3.94. The second kappa shape index (κ2) is 7.23. The second-order valence-corrected chi connectivity index (χ2v) is 6.31. The Morgan fingerprint density at radius 1 is 1.03 bits per heavy atom. The Bertz CT molecular complexity index is 1320. The lowest BCUT2D eigenvalue weighted by Gasteiger charge is -2.12. The van der Waals surface area contributed by atoms with E-state index in [1.54, 1.807) is 49.5 Å². The molecule has 0 aliphatic carbocycles. The van der Waals surface area contributed by atoms with E-state index >= 15 is 0 Å². The molecule has 0 atom stereocenters. The van der Waals surface area contributed by atoms with Crippen LogP contribution in [0.15, 0.2) is 65.6 Å². The van der Waals surface area contributed by atoms with Gasteiger partial charge in [-0.15, -0.1) is 0 Å². The third-order valence-corrected chi connectivity index (χ3v) is 4.36.